The Hall–Kier alpha value is -2.62. The molecule has 2 heterocycles. The maximum absolute atomic E-state index is 8.96. The van der Waals surface area contributed by atoms with Crippen molar-refractivity contribution in [2.75, 3.05) is 13.2 Å². The molecule has 35 heavy (non-hydrogen) atoms. The standard InChI is InChI=1S/C25H22Cl2N4O2S2/c26-17-5-1-16(2-6-17)24-30-18(13-34-24)14-35-25-21(12-29)22(20(11-28)23(27)31-25)15-3-7-19(8-4-15)33-10-9-32/h1-8,11-13,25,28-29,31-32H,9-10,14H2. The lowest BCUT2D eigenvalue weighted by atomic mass is 9.92. The van der Waals surface area contributed by atoms with Crippen LogP contribution >= 0.6 is 46.3 Å². The second kappa shape index (κ2) is 11.9. The molecule has 3 aromatic rings. The highest BCUT2D eigenvalue weighted by Gasteiger charge is 2.28. The predicted octanol–water partition coefficient (Wildman–Crippen LogP) is 6.20. The maximum Gasteiger partial charge on any atom is 0.123 e. The first kappa shape index (κ1) is 25.5. The number of nitrogens with one attached hydrogen (secondary N) is 3. The molecule has 1 aromatic heterocycles. The second-order valence-electron chi connectivity index (χ2n) is 7.43. The number of hydrogen-bond acceptors (Lipinski definition) is 8. The Balaban J connectivity index is 1.57. The largest absolute Gasteiger partial charge is 0.491 e. The van der Waals surface area contributed by atoms with Gasteiger partial charge in [-0.2, -0.15) is 0 Å². The van der Waals surface area contributed by atoms with E-state index in [1.165, 1.54) is 12.4 Å². The van der Waals surface area contributed by atoms with Gasteiger partial charge in [0.25, 0.3) is 0 Å². The summed E-state index contributed by atoms with van der Waals surface area (Å²) in [6, 6.07) is 14.9. The Labute approximate surface area is 221 Å². The summed E-state index contributed by atoms with van der Waals surface area (Å²) in [4.78, 5) is 4.75. The van der Waals surface area contributed by atoms with Gasteiger partial charge in [-0.1, -0.05) is 47.5 Å². The van der Waals surface area contributed by atoms with E-state index in [1.807, 2.05) is 41.8 Å². The minimum Gasteiger partial charge on any atom is -0.491 e. The first-order valence-corrected chi connectivity index (χ1v) is 13.3. The molecule has 180 valence electrons. The first-order valence-electron chi connectivity index (χ1n) is 10.6. The molecule has 0 saturated heterocycles. The fourth-order valence-corrected chi connectivity index (χ4v) is 5.98. The van der Waals surface area contributed by atoms with Gasteiger partial charge in [-0.15, -0.1) is 23.1 Å². The molecular formula is C25H22Cl2N4O2S2. The third kappa shape index (κ3) is 5.97. The number of aliphatic hydroxyl groups is 1. The Morgan fingerprint density at radius 2 is 1.77 bits per heavy atom. The molecule has 0 bridgehead atoms. The minimum absolute atomic E-state index is 0.0636. The molecule has 1 atom stereocenters. The van der Waals surface area contributed by atoms with Gasteiger partial charge in [0.1, 0.15) is 27.9 Å². The second-order valence-corrected chi connectivity index (χ2v) is 10.2. The van der Waals surface area contributed by atoms with E-state index in [0.717, 1.165) is 33.0 Å². The van der Waals surface area contributed by atoms with Gasteiger partial charge in [-0.3, -0.25) is 0 Å². The van der Waals surface area contributed by atoms with Crippen LogP contribution in [0.3, 0.4) is 0 Å². The van der Waals surface area contributed by atoms with Gasteiger partial charge in [0, 0.05) is 50.9 Å². The Morgan fingerprint density at radius 3 is 2.43 bits per heavy atom. The number of benzene rings is 2. The van der Waals surface area contributed by atoms with Crippen LogP contribution in [0, 0.1) is 10.8 Å². The van der Waals surface area contributed by atoms with Gasteiger partial charge >= 0.3 is 0 Å². The molecule has 0 fully saturated rings. The van der Waals surface area contributed by atoms with E-state index in [1.54, 1.807) is 35.2 Å². The molecule has 0 amide bonds. The third-order valence-corrected chi connectivity index (χ3v) is 7.85. The molecule has 1 unspecified atom stereocenters. The van der Waals surface area contributed by atoms with E-state index >= 15 is 0 Å². The number of thioether (sulfide) groups is 1. The summed E-state index contributed by atoms with van der Waals surface area (Å²) in [5, 5.41) is 31.9. The van der Waals surface area contributed by atoms with Crippen LogP contribution in [0.4, 0.5) is 0 Å². The topological polar surface area (TPSA) is 102 Å². The van der Waals surface area contributed by atoms with E-state index in [2.05, 4.69) is 5.32 Å². The average molecular weight is 546 g/mol. The number of allylic oxidation sites excluding steroid dienone is 2. The van der Waals surface area contributed by atoms with Gasteiger partial charge in [-0.05, 0) is 29.8 Å². The van der Waals surface area contributed by atoms with Crippen LogP contribution in [0.25, 0.3) is 16.1 Å². The average Bonchev–Trinajstić information content (AvgIpc) is 3.35. The van der Waals surface area contributed by atoms with Gasteiger partial charge in [0.05, 0.1) is 12.3 Å². The molecule has 0 aliphatic carbocycles. The smallest absolute Gasteiger partial charge is 0.123 e. The minimum atomic E-state index is -0.287. The maximum atomic E-state index is 8.96. The van der Waals surface area contributed by atoms with Gasteiger partial charge < -0.3 is 26.0 Å². The zero-order valence-corrected chi connectivity index (χ0v) is 21.6. The molecular weight excluding hydrogens is 523 g/mol. The highest BCUT2D eigenvalue weighted by atomic mass is 35.5. The summed E-state index contributed by atoms with van der Waals surface area (Å²) in [5.74, 6) is 1.25. The number of rotatable bonds is 10. The van der Waals surface area contributed by atoms with Crippen molar-refractivity contribution >= 4 is 64.3 Å². The number of halogens is 2. The number of thiazole rings is 1. The zero-order chi connectivity index (χ0) is 24.8. The fourth-order valence-electron chi connectivity index (χ4n) is 3.55. The van der Waals surface area contributed by atoms with Crippen LogP contribution in [0.1, 0.15) is 11.3 Å². The Morgan fingerprint density at radius 1 is 1.06 bits per heavy atom. The monoisotopic (exact) mass is 544 g/mol. The van der Waals surface area contributed by atoms with Crippen molar-refractivity contribution in [1.29, 1.82) is 10.8 Å². The van der Waals surface area contributed by atoms with Crippen LogP contribution in [-0.2, 0) is 5.75 Å². The molecule has 0 spiro atoms. The molecule has 6 nitrogen and oxygen atoms in total. The van der Waals surface area contributed by atoms with Gasteiger partial charge in [0.15, 0.2) is 0 Å². The molecule has 4 rings (SSSR count). The highest BCUT2D eigenvalue weighted by molar-refractivity contribution is 7.99. The fraction of sp³-hybridized carbons (Fsp3) is 0.160. The number of ether oxygens (including phenoxy) is 1. The summed E-state index contributed by atoms with van der Waals surface area (Å²) in [6.07, 6.45) is 2.51. The number of aromatic nitrogens is 1. The van der Waals surface area contributed by atoms with E-state index < -0.39 is 0 Å². The van der Waals surface area contributed by atoms with Crippen molar-refractivity contribution in [3.63, 3.8) is 0 Å². The molecule has 2 aromatic carbocycles. The third-order valence-electron chi connectivity index (χ3n) is 5.18. The predicted molar refractivity (Wildman–Crippen MR) is 147 cm³/mol. The van der Waals surface area contributed by atoms with Crippen molar-refractivity contribution in [3.05, 3.63) is 86.5 Å². The number of nitrogens with zero attached hydrogens (tertiary/aromatic N) is 1. The van der Waals surface area contributed by atoms with Crippen molar-refractivity contribution < 1.29 is 9.84 Å². The van der Waals surface area contributed by atoms with Gasteiger partial charge in [-0.25, -0.2) is 4.98 Å². The quantitative estimate of drug-likeness (QED) is 0.180. The van der Waals surface area contributed by atoms with E-state index in [4.69, 9.17) is 48.8 Å². The normalized spacial score (nSPS) is 15.7. The summed E-state index contributed by atoms with van der Waals surface area (Å²) in [5.41, 5.74) is 4.73. The number of hydrogen-bond donors (Lipinski definition) is 4. The van der Waals surface area contributed by atoms with E-state index in [9.17, 15) is 0 Å². The molecule has 4 N–H and O–H groups in total. The Bertz CT molecular complexity index is 1270. The molecule has 10 heteroatoms. The van der Waals surface area contributed by atoms with Crippen LogP contribution in [0.2, 0.25) is 5.02 Å². The highest BCUT2D eigenvalue weighted by Crippen LogP contribution is 2.38. The summed E-state index contributed by atoms with van der Waals surface area (Å²) >= 11 is 15.7. The summed E-state index contributed by atoms with van der Waals surface area (Å²) in [6.45, 7) is 0.149. The SMILES string of the molecule is N=CC1=C(Cl)NC(SCc2csc(-c3ccc(Cl)cc3)n2)C(C=N)=C1c1ccc(OCCO)cc1. The van der Waals surface area contributed by atoms with Gasteiger partial charge in [0.2, 0.25) is 0 Å². The van der Waals surface area contributed by atoms with Crippen LogP contribution in [-0.4, -0.2) is 41.1 Å². The lowest BCUT2D eigenvalue weighted by Gasteiger charge is -2.29. The van der Waals surface area contributed by atoms with Crippen molar-refractivity contribution in [2.24, 2.45) is 0 Å². The van der Waals surface area contributed by atoms with Crippen LogP contribution in [0.5, 0.6) is 5.75 Å². The van der Waals surface area contributed by atoms with E-state index in [0.29, 0.717) is 27.3 Å². The number of aliphatic hydroxyl groups excluding tert-OH is 1. The molecule has 1 aliphatic heterocycles. The Kier molecular flexibility index (Phi) is 8.64. The van der Waals surface area contributed by atoms with Crippen molar-refractivity contribution in [3.8, 4) is 16.3 Å². The van der Waals surface area contributed by atoms with Crippen LogP contribution in [0.15, 0.2) is 70.2 Å². The molecule has 1 aliphatic rings. The van der Waals surface area contributed by atoms with Crippen LogP contribution < -0.4 is 10.1 Å². The molecule has 0 saturated carbocycles. The number of dihydropyridines is 1. The van der Waals surface area contributed by atoms with Crippen molar-refractivity contribution in [2.45, 2.75) is 11.1 Å². The molecule has 0 radical (unpaired) electrons. The van der Waals surface area contributed by atoms with Crippen molar-refractivity contribution in [1.82, 2.24) is 10.3 Å². The van der Waals surface area contributed by atoms with E-state index in [-0.39, 0.29) is 18.6 Å². The first-order chi connectivity index (χ1) is 17.0. The zero-order valence-electron chi connectivity index (χ0n) is 18.4. The summed E-state index contributed by atoms with van der Waals surface area (Å²) in [7, 11) is 0. The summed E-state index contributed by atoms with van der Waals surface area (Å²) < 4.78 is 5.45. The lowest BCUT2D eigenvalue weighted by molar-refractivity contribution is 0.201. The lowest BCUT2D eigenvalue weighted by Crippen LogP contribution is -2.32.